The quantitative estimate of drug-likeness (QED) is 0.436. The second kappa shape index (κ2) is 7.66. The zero-order valence-electron chi connectivity index (χ0n) is 9.88. The van der Waals surface area contributed by atoms with E-state index in [0.29, 0.717) is 6.04 Å². The summed E-state index contributed by atoms with van der Waals surface area (Å²) in [5.74, 6) is 5.56. The van der Waals surface area contributed by atoms with E-state index in [2.05, 4.69) is 24.5 Å². The van der Waals surface area contributed by atoms with Crippen LogP contribution in [0.4, 0.5) is 0 Å². The number of benzene rings is 1. The SMILES string of the molecule is CCCCCC(Cc1ccc(Cl)cc1)NN. The summed E-state index contributed by atoms with van der Waals surface area (Å²) in [4.78, 5) is 0. The first kappa shape index (κ1) is 13.5. The molecule has 0 amide bonds. The van der Waals surface area contributed by atoms with Gasteiger partial charge in [-0.15, -0.1) is 0 Å². The topological polar surface area (TPSA) is 38.0 Å². The van der Waals surface area contributed by atoms with Crippen LogP contribution in [0.25, 0.3) is 0 Å². The minimum Gasteiger partial charge on any atom is -0.271 e. The maximum atomic E-state index is 5.84. The van der Waals surface area contributed by atoms with Gasteiger partial charge in [0.25, 0.3) is 0 Å². The van der Waals surface area contributed by atoms with Crippen molar-refractivity contribution in [3.8, 4) is 0 Å². The zero-order valence-corrected chi connectivity index (χ0v) is 10.6. The summed E-state index contributed by atoms with van der Waals surface area (Å²) < 4.78 is 0. The lowest BCUT2D eigenvalue weighted by Gasteiger charge is -2.15. The fourth-order valence-corrected chi connectivity index (χ4v) is 1.92. The molecule has 0 aliphatic carbocycles. The average molecular weight is 241 g/mol. The summed E-state index contributed by atoms with van der Waals surface area (Å²) in [6, 6.07) is 8.35. The molecule has 90 valence electrons. The molecule has 0 aliphatic rings. The molecule has 0 radical (unpaired) electrons. The van der Waals surface area contributed by atoms with Gasteiger partial charge in [-0.1, -0.05) is 49.9 Å². The van der Waals surface area contributed by atoms with Crippen LogP contribution in [-0.4, -0.2) is 6.04 Å². The van der Waals surface area contributed by atoms with Gasteiger partial charge in [-0.3, -0.25) is 11.3 Å². The predicted molar refractivity (Wildman–Crippen MR) is 70.4 cm³/mol. The molecule has 16 heavy (non-hydrogen) atoms. The number of nitrogens with one attached hydrogen (secondary N) is 1. The van der Waals surface area contributed by atoms with E-state index in [1.807, 2.05) is 12.1 Å². The molecule has 0 aromatic heterocycles. The molecule has 3 N–H and O–H groups in total. The van der Waals surface area contributed by atoms with Crippen molar-refractivity contribution in [1.29, 1.82) is 0 Å². The molecule has 0 fully saturated rings. The minimum absolute atomic E-state index is 0.368. The number of rotatable bonds is 7. The molecule has 0 aliphatic heterocycles. The van der Waals surface area contributed by atoms with Gasteiger partial charge in [0.05, 0.1) is 0 Å². The molecule has 1 atom stereocenters. The van der Waals surface area contributed by atoms with Gasteiger partial charge in [0.1, 0.15) is 0 Å². The smallest absolute Gasteiger partial charge is 0.0406 e. The second-order valence-electron chi connectivity index (χ2n) is 4.19. The van der Waals surface area contributed by atoms with Gasteiger partial charge in [-0.25, -0.2) is 0 Å². The van der Waals surface area contributed by atoms with Crippen molar-refractivity contribution in [2.24, 2.45) is 5.84 Å². The number of hydrazine groups is 1. The van der Waals surface area contributed by atoms with Gasteiger partial charge in [-0.2, -0.15) is 0 Å². The molecule has 0 saturated carbocycles. The molecule has 1 rings (SSSR count). The highest BCUT2D eigenvalue weighted by molar-refractivity contribution is 6.30. The van der Waals surface area contributed by atoms with Crippen LogP contribution in [0.3, 0.4) is 0 Å². The Kier molecular flexibility index (Phi) is 6.46. The van der Waals surface area contributed by atoms with E-state index in [1.54, 1.807) is 0 Å². The monoisotopic (exact) mass is 240 g/mol. The standard InChI is InChI=1S/C13H21ClN2/c1-2-3-4-5-13(16-15)10-11-6-8-12(14)9-7-11/h6-9,13,16H,2-5,10,15H2,1H3. The first-order valence-electron chi connectivity index (χ1n) is 5.96. The lowest BCUT2D eigenvalue weighted by atomic mass is 10.0. The van der Waals surface area contributed by atoms with Gasteiger partial charge in [0.2, 0.25) is 0 Å². The molecule has 1 unspecified atom stereocenters. The summed E-state index contributed by atoms with van der Waals surface area (Å²) >= 11 is 5.84. The number of hydrogen-bond acceptors (Lipinski definition) is 2. The van der Waals surface area contributed by atoms with Crippen molar-refractivity contribution in [3.63, 3.8) is 0 Å². The molecule has 0 bridgehead atoms. The van der Waals surface area contributed by atoms with Crippen molar-refractivity contribution >= 4 is 11.6 Å². The Bertz CT molecular complexity index is 284. The third kappa shape index (κ3) is 4.97. The molecule has 3 heteroatoms. The third-order valence-corrected chi connectivity index (χ3v) is 3.04. The van der Waals surface area contributed by atoms with Crippen molar-refractivity contribution in [2.45, 2.75) is 45.1 Å². The largest absolute Gasteiger partial charge is 0.271 e. The van der Waals surface area contributed by atoms with Crippen LogP contribution in [0.15, 0.2) is 24.3 Å². The first-order valence-corrected chi connectivity index (χ1v) is 6.34. The zero-order chi connectivity index (χ0) is 11.8. The fourth-order valence-electron chi connectivity index (χ4n) is 1.79. The van der Waals surface area contributed by atoms with Gasteiger partial charge in [-0.05, 0) is 30.5 Å². The van der Waals surface area contributed by atoms with Crippen LogP contribution in [0, 0.1) is 0 Å². The highest BCUT2D eigenvalue weighted by Crippen LogP contribution is 2.13. The van der Waals surface area contributed by atoms with Crippen LogP contribution in [-0.2, 0) is 6.42 Å². The molecule has 0 saturated heterocycles. The highest BCUT2D eigenvalue weighted by atomic mass is 35.5. The number of nitrogens with two attached hydrogens (primary N) is 1. The van der Waals surface area contributed by atoms with E-state index in [-0.39, 0.29) is 0 Å². The fraction of sp³-hybridized carbons (Fsp3) is 0.538. The Morgan fingerprint density at radius 3 is 2.50 bits per heavy atom. The molecule has 1 aromatic carbocycles. The van der Waals surface area contributed by atoms with Crippen LogP contribution in [0.1, 0.15) is 38.2 Å². The molecular formula is C13H21ClN2. The van der Waals surface area contributed by atoms with Gasteiger partial charge < -0.3 is 0 Å². The average Bonchev–Trinajstić information content (AvgIpc) is 2.31. The molecule has 0 heterocycles. The lowest BCUT2D eigenvalue weighted by molar-refractivity contribution is 0.467. The van der Waals surface area contributed by atoms with E-state index < -0.39 is 0 Å². The maximum absolute atomic E-state index is 5.84. The predicted octanol–water partition coefficient (Wildman–Crippen LogP) is 3.29. The van der Waals surface area contributed by atoms with Crippen LogP contribution in [0.2, 0.25) is 5.02 Å². The summed E-state index contributed by atoms with van der Waals surface area (Å²) in [6.45, 7) is 2.21. The Balaban J connectivity index is 2.40. The summed E-state index contributed by atoms with van der Waals surface area (Å²) in [5.41, 5.74) is 4.17. The minimum atomic E-state index is 0.368. The van der Waals surface area contributed by atoms with Gasteiger partial charge >= 0.3 is 0 Å². The summed E-state index contributed by atoms with van der Waals surface area (Å²) in [7, 11) is 0. The molecular weight excluding hydrogens is 220 g/mol. The Hall–Kier alpha value is -0.570. The lowest BCUT2D eigenvalue weighted by Crippen LogP contribution is -2.36. The van der Waals surface area contributed by atoms with E-state index in [4.69, 9.17) is 17.4 Å². The van der Waals surface area contributed by atoms with Crippen molar-refractivity contribution in [2.75, 3.05) is 0 Å². The molecule has 0 spiro atoms. The number of halogens is 1. The van der Waals surface area contributed by atoms with E-state index in [9.17, 15) is 0 Å². The van der Waals surface area contributed by atoms with Crippen LogP contribution < -0.4 is 11.3 Å². The van der Waals surface area contributed by atoms with E-state index in [0.717, 1.165) is 17.9 Å². The number of unbranched alkanes of at least 4 members (excludes halogenated alkanes) is 2. The third-order valence-electron chi connectivity index (χ3n) is 2.79. The normalized spacial score (nSPS) is 12.7. The Morgan fingerprint density at radius 1 is 1.25 bits per heavy atom. The maximum Gasteiger partial charge on any atom is 0.0406 e. The van der Waals surface area contributed by atoms with E-state index >= 15 is 0 Å². The Morgan fingerprint density at radius 2 is 1.94 bits per heavy atom. The van der Waals surface area contributed by atoms with Crippen molar-refractivity contribution in [1.82, 2.24) is 5.43 Å². The van der Waals surface area contributed by atoms with E-state index in [1.165, 1.54) is 24.8 Å². The second-order valence-corrected chi connectivity index (χ2v) is 4.63. The van der Waals surface area contributed by atoms with Crippen molar-refractivity contribution in [3.05, 3.63) is 34.9 Å². The Labute approximate surface area is 103 Å². The van der Waals surface area contributed by atoms with Crippen LogP contribution in [0.5, 0.6) is 0 Å². The van der Waals surface area contributed by atoms with Crippen LogP contribution >= 0.6 is 11.6 Å². The summed E-state index contributed by atoms with van der Waals surface area (Å²) in [6.07, 6.45) is 5.86. The van der Waals surface area contributed by atoms with Gasteiger partial charge in [0, 0.05) is 11.1 Å². The summed E-state index contributed by atoms with van der Waals surface area (Å²) in [5, 5.41) is 0.784. The molecule has 1 aromatic rings. The molecule has 2 nitrogen and oxygen atoms in total. The first-order chi connectivity index (χ1) is 7.76. The highest BCUT2D eigenvalue weighted by Gasteiger charge is 2.06. The van der Waals surface area contributed by atoms with Crippen molar-refractivity contribution < 1.29 is 0 Å². The number of hydrogen-bond donors (Lipinski definition) is 2. The van der Waals surface area contributed by atoms with Gasteiger partial charge in [0.15, 0.2) is 0 Å².